The number of amides is 1. The average molecular weight is 298 g/mol. The lowest BCUT2D eigenvalue weighted by Crippen LogP contribution is -2.35. The number of nitrogens with zero attached hydrogens (tertiary/aromatic N) is 1. The molecule has 2 atom stereocenters. The van der Waals surface area contributed by atoms with Crippen molar-refractivity contribution in [2.75, 3.05) is 25.5 Å². The van der Waals surface area contributed by atoms with Crippen LogP contribution in [0.5, 0.6) is 0 Å². The van der Waals surface area contributed by atoms with Crippen LogP contribution in [0.15, 0.2) is 24.3 Å². The summed E-state index contributed by atoms with van der Waals surface area (Å²) in [5.74, 6) is 1.25. The number of carbonyl (C=O) groups is 1. The minimum atomic E-state index is 0.0420. The molecule has 0 radical (unpaired) electrons. The van der Waals surface area contributed by atoms with Crippen LogP contribution in [0.25, 0.3) is 0 Å². The van der Waals surface area contributed by atoms with Crippen LogP contribution in [0, 0.1) is 5.92 Å². The van der Waals surface area contributed by atoms with E-state index in [0.29, 0.717) is 13.2 Å². The summed E-state index contributed by atoms with van der Waals surface area (Å²) in [5.41, 5.74) is 1.11. The third-order valence-electron chi connectivity index (χ3n) is 3.59. The van der Waals surface area contributed by atoms with E-state index < -0.39 is 0 Å². The SMILES string of the molecule is O=C(C1CCOC1)N1CCSC1c1cccc(Cl)c1. The Hall–Kier alpha value is -0.710. The van der Waals surface area contributed by atoms with Gasteiger partial charge in [0.15, 0.2) is 0 Å². The molecule has 2 unspecified atom stereocenters. The zero-order valence-electron chi connectivity index (χ0n) is 10.5. The summed E-state index contributed by atoms with van der Waals surface area (Å²) >= 11 is 7.85. The van der Waals surface area contributed by atoms with Gasteiger partial charge in [0.1, 0.15) is 5.37 Å². The van der Waals surface area contributed by atoms with Gasteiger partial charge in [-0.1, -0.05) is 23.7 Å². The van der Waals surface area contributed by atoms with Gasteiger partial charge in [-0.3, -0.25) is 4.79 Å². The van der Waals surface area contributed by atoms with E-state index in [0.717, 1.165) is 29.3 Å². The summed E-state index contributed by atoms with van der Waals surface area (Å²) < 4.78 is 5.32. The molecule has 2 heterocycles. The highest BCUT2D eigenvalue weighted by atomic mass is 35.5. The Kier molecular flexibility index (Phi) is 4.01. The number of ether oxygens (including phenoxy) is 1. The van der Waals surface area contributed by atoms with Gasteiger partial charge in [0.2, 0.25) is 5.91 Å². The molecule has 1 aromatic rings. The normalized spacial score (nSPS) is 26.9. The van der Waals surface area contributed by atoms with Crippen molar-refractivity contribution in [3.8, 4) is 0 Å². The van der Waals surface area contributed by atoms with Gasteiger partial charge in [-0.15, -0.1) is 11.8 Å². The molecule has 2 aliphatic heterocycles. The second-order valence-electron chi connectivity index (χ2n) is 4.87. The zero-order chi connectivity index (χ0) is 13.2. The van der Waals surface area contributed by atoms with Gasteiger partial charge in [0, 0.05) is 23.9 Å². The van der Waals surface area contributed by atoms with Gasteiger partial charge >= 0.3 is 0 Å². The minimum absolute atomic E-state index is 0.0420. The van der Waals surface area contributed by atoms with E-state index in [-0.39, 0.29) is 17.2 Å². The van der Waals surface area contributed by atoms with Gasteiger partial charge in [-0.2, -0.15) is 0 Å². The Bertz CT molecular complexity index is 476. The standard InChI is InChI=1S/C14H16ClNO2S/c15-12-3-1-2-10(8-12)14-16(5-7-19-14)13(17)11-4-6-18-9-11/h1-3,8,11,14H,4-7,9H2. The van der Waals surface area contributed by atoms with Gasteiger partial charge in [-0.05, 0) is 24.1 Å². The Labute approximate surface area is 122 Å². The van der Waals surface area contributed by atoms with E-state index in [1.807, 2.05) is 29.2 Å². The lowest BCUT2D eigenvalue weighted by atomic mass is 10.1. The fourth-order valence-electron chi connectivity index (χ4n) is 2.60. The second kappa shape index (κ2) is 5.73. The van der Waals surface area contributed by atoms with Crippen molar-refractivity contribution >= 4 is 29.3 Å². The van der Waals surface area contributed by atoms with Crippen molar-refractivity contribution in [3.63, 3.8) is 0 Å². The molecule has 3 nitrogen and oxygen atoms in total. The van der Waals surface area contributed by atoms with Crippen LogP contribution in [0.1, 0.15) is 17.4 Å². The predicted molar refractivity (Wildman–Crippen MR) is 77.3 cm³/mol. The van der Waals surface area contributed by atoms with Crippen LogP contribution < -0.4 is 0 Å². The number of thioether (sulfide) groups is 1. The van der Waals surface area contributed by atoms with Crippen molar-refractivity contribution in [1.29, 1.82) is 0 Å². The highest BCUT2D eigenvalue weighted by molar-refractivity contribution is 7.99. The molecular formula is C14H16ClNO2S. The molecule has 3 rings (SSSR count). The number of hydrogen-bond donors (Lipinski definition) is 0. The Morgan fingerprint density at radius 2 is 2.37 bits per heavy atom. The van der Waals surface area contributed by atoms with Gasteiger partial charge in [-0.25, -0.2) is 0 Å². The van der Waals surface area contributed by atoms with Gasteiger partial charge in [0.05, 0.1) is 12.5 Å². The van der Waals surface area contributed by atoms with Gasteiger partial charge in [0.25, 0.3) is 0 Å². The average Bonchev–Trinajstić information content (AvgIpc) is 3.09. The smallest absolute Gasteiger partial charge is 0.229 e. The van der Waals surface area contributed by atoms with E-state index in [1.54, 1.807) is 11.8 Å². The molecule has 0 aliphatic carbocycles. The first-order chi connectivity index (χ1) is 9.25. The second-order valence-corrected chi connectivity index (χ2v) is 6.49. The zero-order valence-corrected chi connectivity index (χ0v) is 12.1. The Morgan fingerprint density at radius 3 is 3.11 bits per heavy atom. The number of benzene rings is 1. The predicted octanol–water partition coefficient (Wildman–Crippen LogP) is 2.95. The topological polar surface area (TPSA) is 29.5 Å². The third-order valence-corrected chi connectivity index (χ3v) is 5.08. The van der Waals surface area contributed by atoms with Crippen molar-refractivity contribution in [2.45, 2.75) is 11.8 Å². The maximum Gasteiger partial charge on any atom is 0.229 e. The lowest BCUT2D eigenvalue weighted by Gasteiger charge is -2.26. The summed E-state index contributed by atoms with van der Waals surface area (Å²) in [4.78, 5) is 14.5. The molecular weight excluding hydrogens is 282 g/mol. The molecule has 0 bridgehead atoms. The number of hydrogen-bond acceptors (Lipinski definition) is 3. The van der Waals surface area contributed by atoms with Crippen molar-refractivity contribution < 1.29 is 9.53 Å². The van der Waals surface area contributed by atoms with Crippen LogP contribution in [0.4, 0.5) is 0 Å². The van der Waals surface area contributed by atoms with Crippen LogP contribution in [-0.4, -0.2) is 36.3 Å². The molecule has 0 aromatic heterocycles. The van der Waals surface area contributed by atoms with E-state index in [2.05, 4.69) is 0 Å². The summed E-state index contributed by atoms with van der Waals surface area (Å²) in [7, 11) is 0. The fraction of sp³-hybridized carbons (Fsp3) is 0.500. The molecule has 1 aromatic carbocycles. The van der Waals surface area contributed by atoms with Crippen molar-refractivity contribution in [2.24, 2.45) is 5.92 Å². The monoisotopic (exact) mass is 297 g/mol. The molecule has 5 heteroatoms. The Morgan fingerprint density at radius 1 is 1.47 bits per heavy atom. The summed E-state index contributed by atoms with van der Waals surface area (Å²) in [5, 5.41) is 0.827. The molecule has 2 fully saturated rings. The summed E-state index contributed by atoms with van der Waals surface area (Å²) in [6, 6.07) is 7.80. The number of rotatable bonds is 2. The quantitative estimate of drug-likeness (QED) is 0.840. The van der Waals surface area contributed by atoms with Crippen LogP contribution in [0.2, 0.25) is 5.02 Å². The highest BCUT2D eigenvalue weighted by Crippen LogP contribution is 2.39. The van der Waals surface area contributed by atoms with Gasteiger partial charge < -0.3 is 9.64 Å². The molecule has 0 saturated carbocycles. The summed E-state index contributed by atoms with van der Waals surface area (Å²) in [6.45, 7) is 2.10. The molecule has 2 aliphatic rings. The molecule has 102 valence electrons. The number of carbonyl (C=O) groups excluding carboxylic acids is 1. The van der Waals surface area contributed by atoms with Crippen molar-refractivity contribution in [1.82, 2.24) is 4.90 Å². The fourth-order valence-corrected chi connectivity index (χ4v) is 4.05. The van der Waals surface area contributed by atoms with Crippen LogP contribution in [0.3, 0.4) is 0 Å². The maximum absolute atomic E-state index is 12.5. The molecule has 19 heavy (non-hydrogen) atoms. The third kappa shape index (κ3) is 2.76. The minimum Gasteiger partial charge on any atom is -0.381 e. The van der Waals surface area contributed by atoms with E-state index in [9.17, 15) is 4.79 Å². The van der Waals surface area contributed by atoms with E-state index in [1.165, 1.54) is 0 Å². The first-order valence-electron chi connectivity index (χ1n) is 6.51. The first-order valence-corrected chi connectivity index (χ1v) is 7.93. The summed E-state index contributed by atoms with van der Waals surface area (Å²) in [6.07, 6.45) is 0.849. The molecule has 0 N–H and O–H groups in total. The lowest BCUT2D eigenvalue weighted by molar-refractivity contribution is -0.135. The van der Waals surface area contributed by atoms with E-state index >= 15 is 0 Å². The molecule has 2 saturated heterocycles. The maximum atomic E-state index is 12.5. The van der Waals surface area contributed by atoms with E-state index in [4.69, 9.17) is 16.3 Å². The highest BCUT2D eigenvalue weighted by Gasteiger charge is 2.35. The Balaban J connectivity index is 1.79. The largest absolute Gasteiger partial charge is 0.381 e. The van der Waals surface area contributed by atoms with Crippen LogP contribution >= 0.6 is 23.4 Å². The molecule has 0 spiro atoms. The van der Waals surface area contributed by atoms with Crippen molar-refractivity contribution in [3.05, 3.63) is 34.9 Å². The number of halogens is 1. The van der Waals surface area contributed by atoms with Crippen LogP contribution in [-0.2, 0) is 9.53 Å². The first kappa shape index (κ1) is 13.3. The molecule has 1 amide bonds.